The number of aliphatic hydroxyl groups excluding tert-OH is 1. The molecule has 21 heavy (non-hydrogen) atoms. The number of anilines is 1. The largest absolute Gasteiger partial charge is 0.392 e. The number of nitrogens with zero attached hydrogens (tertiary/aromatic N) is 4. The zero-order valence-corrected chi connectivity index (χ0v) is 11.5. The Balaban J connectivity index is 1.64. The second-order valence-electron chi connectivity index (χ2n) is 5.60. The van der Waals surface area contributed by atoms with Gasteiger partial charge >= 0.3 is 0 Å². The Hall–Kier alpha value is -2.08. The maximum Gasteiger partial charge on any atom is 0.171 e. The SMILES string of the molecule is OCc1ccnc(N2Cc3cnc(C4CC4)nc3C2)c1F. The Morgan fingerprint density at radius 1 is 1.29 bits per heavy atom. The van der Waals surface area contributed by atoms with Crippen LogP contribution in [0.4, 0.5) is 10.2 Å². The van der Waals surface area contributed by atoms with Crippen LogP contribution in [0.2, 0.25) is 0 Å². The number of hydrogen-bond donors (Lipinski definition) is 1. The molecule has 0 spiro atoms. The average molecular weight is 286 g/mol. The van der Waals surface area contributed by atoms with Crippen molar-refractivity contribution in [3.63, 3.8) is 0 Å². The Bertz CT molecular complexity index is 702. The van der Waals surface area contributed by atoms with Crippen LogP contribution in [-0.2, 0) is 19.7 Å². The molecule has 0 atom stereocenters. The van der Waals surface area contributed by atoms with Gasteiger partial charge < -0.3 is 10.0 Å². The van der Waals surface area contributed by atoms with Crippen LogP contribution >= 0.6 is 0 Å². The lowest BCUT2D eigenvalue weighted by molar-refractivity contribution is 0.275. The summed E-state index contributed by atoms with van der Waals surface area (Å²) in [5.74, 6) is 1.24. The van der Waals surface area contributed by atoms with Gasteiger partial charge in [-0.25, -0.2) is 19.3 Å². The fraction of sp³-hybridized carbons (Fsp3) is 0.400. The summed E-state index contributed by atoms with van der Waals surface area (Å²) in [5, 5.41) is 9.16. The van der Waals surface area contributed by atoms with E-state index in [2.05, 4.69) is 15.0 Å². The van der Waals surface area contributed by atoms with Crippen LogP contribution in [0.25, 0.3) is 0 Å². The van der Waals surface area contributed by atoms with Gasteiger partial charge in [0, 0.05) is 36.0 Å². The molecule has 0 saturated heterocycles. The molecule has 1 aliphatic carbocycles. The van der Waals surface area contributed by atoms with Gasteiger partial charge in [-0.3, -0.25) is 0 Å². The molecule has 2 aromatic heterocycles. The molecule has 0 bridgehead atoms. The molecule has 0 aromatic carbocycles. The van der Waals surface area contributed by atoms with Crippen molar-refractivity contribution in [2.24, 2.45) is 0 Å². The third-order valence-corrected chi connectivity index (χ3v) is 4.04. The number of halogens is 1. The highest BCUT2D eigenvalue weighted by Gasteiger charge is 2.30. The van der Waals surface area contributed by atoms with Crippen molar-refractivity contribution in [1.82, 2.24) is 15.0 Å². The van der Waals surface area contributed by atoms with E-state index >= 15 is 0 Å². The molecule has 2 aliphatic rings. The summed E-state index contributed by atoms with van der Waals surface area (Å²) in [6.45, 7) is 0.767. The molecular formula is C15H15FN4O. The van der Waals surface area contributed by atoms with E-state index in [0.717, 1.165) is 29.9 Å². The standard InChI is InChI=1S/C15H15FN4O/c16-13-10(8-21)3-4-17-15(13)20-6-11-5-18-14(9-1-2-9)19-12(11)7-20/h3-5,9,21H,1-2,6-8H2. The topological polar surface area (TPSA) is 62.1 Å². The number of pyridine rings is 1. The summed E-state index contributed by atoms with van der Waals surface area (Å²) in [6, 6.07) is 1.49. The molecule has 0 amide bonds. The molecular weight excluding hydrogens is 271 g/mol. The van der Waals surface area contributed by atoms with Gasteiger partial charge in [-0.2, -0.15) is 0 Å². The molecule has 6 heteroatoms. The predicted octanol–water partition coefficient (Wildman–Crippen LogP) is 1.90. The third kappa shape index (κ3) is 2.15. The molecule has 1 saturated carbocycles. The molecule has 3 heterocycles. The first-order chi connectivity index (χ1) is 10.3. The fourth-order valence-electron chi connectivity index (χ4n) is 2.67. The van der Waals surface area contributed by atoms with Gasteiger partial charge in [0.25, 0.3) is 0 Å². The van der Waals surface area contributed by atoms with Crippen molar-refractivity contribution >= 4 is 5.82 Å². The summed E-state index contributed by atoms with van der Waals surface area (Å²) in [5.41, 5.74) is 2.25. The van der Waals surface area contributed by atoms with Crippen LogP contribution < -0.4 is 4.90 Å². The molecule has 2 aromatic rings. The Morgan fingerprint density at radius 2 is 2.14 bits per heavy atom. The van der Waals surface area contributed by atoms with E-state index in [1.54, 1.807) is 0 Å². The highest BCUT2D eigenvalue weighted by molar-refractivity contribution is 5.47. The van der Waals surface area contributed by atoms with Crippen molar-refractivity contribution in [2.45, 2.75) is 38.5 Å². The van der Waals surface area contributed by atoms with Gasteiger partial charge in [0.05, 0.1) is 18.8 Å². The van der Waals surface area contributed by atoms with Gasteiger partial charge in [0.2, 0.25) is 0 Å². The van der Waals surface area contributed by atoms with E-state index in [4.69, 9.17) is 5.11 Å². The van der Waals surface area contributed by atoms with Crippen LogP contribution in [-0.4, -0.2) is 20.1 Å². The first-order valence-electron chi connectivity index (χ1n) is 7.10. The first kappa shape index (κ1) is 12.6. The molecule has 1 fully saturated rings. The summed E-state index contributed by atoms with van der Waals surface area (Å²) >= 11 is 0. The second-order valence-corrected chi connectivity index (χ2v) is 5.60. The van der Waals surface area contributed by atoms with Crippen molar-refractivity contribution < 1.29 is 9.50 Å². The van der Waals surface area contributed by atoms with Gasteiger partial charge in [-0.1, -0.05) is 0 Å². The zero-order chi connectivity index (χ0) is 14.4. The highest BCUT2D eigenvalue weighted by Crippen LogP contribution is 2.39. The van der Waals surface area contributed by atoms with Crippen LogP contribution in [0.1, 0.15) is 41.4 Å². The molecule has 0 unspecified atom stereocenters. The predicted molar refractivity (Wildman–Crippen MR) is 74.0 cm³/mol. The number of aromatic nitrogens is 3. The summed E-state index contributed by atoms with van der Waals surface area (Å²) in [7, 11) is 0. The average Bonchev–Trinajstić information content (AvgIpc) is 3.26. The first-order valence-corrected chi connectivity index (χ1v) is 7.10. The number of hydrogen-bond acceptors (Lipinski definition) is 5. The summed E-state index contributed by atoms with van der Waals surface area (Å²) in [4.78, 5) is 15.0. The van der Waals surface area contributed by atoms with E-state index in [1.165, 1.54) is 12.3 Å². The minimum Gasteiger partial charge on any atom is -0.392 e. The van der Waals surface area contributed by atoms with Gasteiger partial charge in [-0.15, -0.1) is 0 Å². The maximum atomic E-state index is 14.3. The van der Waals surface area contributed by atoms with E-state index in [0.29, 0.717) is 19.0 Å². The van der Waals surface area contributed by atoms with Crippen molar-refractivity contribution in [3.8, 4) is 0 Å². The van der Waals surface area contributed by atoms with E-state index in [1.807, 2.05) is 11.1 Å². The lowest BCUT2D eigenvalue weighted by atomic mass is 10.2. The van der Waals surface area contributed by atoms with Crippen LogP contribution in [0.5, 0.6) is 0 Å². The molecule has 0 radical (unpaired) electrons. The van der Waals surface area contributed by atoms with Gasteiger partial charge in [-0.05, 0) is 18.9 Å². The molecule has 1 N–H and O–H groups in total. The molecule has 5 nitrogen and oxygen atoms in total. The number of rotatable bonds is 3. The van der Waals surface area contributed by atoms with E-state index in [9.17, 15) is 4.39 Å². The Labute approximate surface area is 121 Å². The highest BCUT2D eigenvalue weighted by atomic mass is 19.1. The second kappa shape index (κ2) is 4.73. The lowest BCUT2D eigenvalue weighted by Gasteiger charge is -2.17. The maximum absolute atomic E-state index is 14.3. The zero-order valence-electron chi connectivity index (χ0n) is 11.5. The van der Waals surface area contributed by atoms with Crippen molar-refractivity contribution in [1.29, 1.82) is 0 Å². The quantitative estimate of drug-likeness (QED) is 0.933. The molecule has 108 valence electrons. The van der Waals surface area contributed by atoms with E-state index in [-0.39, 0.29) is 18.0 Å². The van der Waals surface area contributed by atoms with Gasteiger partial charge in [0.15, 0.2) is 11.6 Å². The minimum absolute atomic E-state index is 0.265. The number of aliphatic hydroxyl groups is 1. The van der Waals surface area contributed by atoms with Crippen LogP contribution in [0.3, 0.4) is 0 Å². The monoisotopic (exact) mass is 286 g/mol. The fourth-order valence-corrected chi connectivity index (χ4v) is 2.67. The normalized spacial score (nSPS) is 17.1. The van der Waals surface area contributed by atoms with Crippen LogP contribution in [0, 0.1) is 5.82 Å². The summed E-state index contributed by atoms with van der Waals surface area (Å²) in [6.07, 6.45) is 5.70. The summed E-state index contributed by atoms with van der Waals surface area (Å²) < 4.78 is 14.3. The smallest absolute Gasteiger partial charge is 0.171 e. The third-order valence-electron chi connectivity index (χ3n) is 4.04. The van der Waals surface area contributed by atoms with Crippen molar-refractivity contribution in [3.05, 3.63) is 46.9 Å². The van der Waals surface area contributed by atoms with Crippen molar-refractivity contribution in [2.75, 3.05) is 4.90 Å². The number of fused-ring (bicyclic) bond motifs is 1. The lowest BCUT2D eigenvalue weighted by Crippen LogP contribution is -2.18. The Kier molecular flexibility index (Phi) is 2.85. The molecule has 1 aliphatic heterocycles. The Morgan fingerprint density at radius 3 is 2.90 bits per heavy atom. The van der Waals surface area contributed by atoms with Crippen LogP contribution in [0.15, 0.2) is 18.5 Å². The van der Waals surface area contributed by atoms with Gasteiger partial charge in [0.1, 0.15) is 5.82 Å². The minimum atomic E-state index is -0.455. The van der Waals surface area contributed by atoms with E-state index < -0.39 is 5.82 Å². The molecule has 4 rings (SSSR count).